The zero-order chi connectivity index (χ0) is 10.8. The Balaban J connectivity index is 2.43. The van der Waals surface area contributed by atoms with E-state index >= 15 is 0 Å². The summed E-state index contributed by atoms with van der Waals surface area (Å²) in [5, 5.41) is 3.68. The lowest BCUT2D eigenvalue weighted by Crippen LogP contribution is -2.09. The van der Waals surface area contributed by atoms with Crippen molar-refractivity contribution in [1.29, 1.82) is 0 Å². The molecule has 82 valence electrons. The van der Waals surface area contributed by atoms with Crippen LogP contribution in [0.3, 0.4) is 0 Å². The standard InChI is InChI=1S/C11H13ClFNO/c1-15-9-3-2-8(12)10(11(9)13)7-4-5-14-6-7/h2-3,7,14H,4-6H2,1H3. The topological polar surface area (TPSA) is 21.3 Å². The Morgan fingerprint density at radius 1 is 1.53 bits per heavy atom. The number of hydrogen-bond donors (Lipinski definition) is 1. The fraction of sp³-hybridized carbons (Fsp3) is 0.455. The van der Waals surface area contributed by atoms with Gasteiger partial charge in [0, 0.05) is 23.0 Å². The molecule has 2 rings (SSSR count). The normalized spacial score (nSPS) is 20.6. The minimum absolute atomic E-state index is 0.160. The summed E-state index contributed by atoms with van der Waals surface area (Å²) in [6.45, 7) is 1.70. The van der Waals surface area contributed by atoms with Crippen LogP contribution in [0.2, 0.25) is 5.02 Å². The Morgan fingerprint density at radius 2 is 2.33 bits per heavy atom. The van der Waals surface area contributed by atoms with Gasteiger partial charge in [0.05, 0.1) is 7.11 Å². The summed E-state index contributed by atoms with van der Waals surface area (Å²) in [4.78, 5) is 0. The van der Waals surface area contributed by atoms with E-state index in [1.165, 1.54) is 7.11 Å². The minimum Gasteiger partial charge on any atom is -0.494 e. The monoisotopic (exact) mass is 229 g/mol. The third kappa shape index (κ3) is 1.94. The molecule has 0 spiro atoms. The lowest BCUT2D eigenvalue weighted by atomic mass is 9.97. The van der Waals surface area contributed by atoms with E-state index in [4.69, 9.17) is 16.3 Å². The van der Waals surface area contributed by atoms with Crippen molar-refractivity contribution in [3.63, 3.8) is 0 Å². The predicted octanol–water partition coefficient (Wildman–Crippen LogP) is 2.56. The van der Waals surface area contributed by atoms with Gasteiger partial charge in [0.1, 0.15) is 0 Å². The number of methoxy groups -OCH3 is 1. The van der Waals surface area contributed by atoms with E-state index in [9.17, 15) is 4.39 Å². The van der Waals surface area contributed by atoms with Gasteiger partial charge in [-0.05, 0) is 25.1 Å². The second-order valence-electron chi connectivity index (χ2n) is 3.67. The van der Waals surface area contributed by atoms with Crippen LogP contribution < -0.4 is 10.1 Å². The van der Waals surface area contributed by atoms with E-state index in [1.54, 1.807) is 12.1 Å². The Kier molecular flexibility index (Phi) is 3.12. The number of halogens is 2. The summed E-state index contributed by atoms with van der Waals surface area (Å²) in [7, 11) is 1.46. The van der Waals surface area contributed by atoms with Gasteiger partial charge in [-0.25, -0.2) is 4.39 Å². The highest BCUT2D eigenvalue weighted by atomic mass is 35.5. The summed E-state index contributed by atoms with van der Waals surface area (Å²) in [5.74, 6) is 0.104. The molecule has 1 atom stereocenters. The Bertz CT molecular complexity index is 364. The molecule has 1 fully saturated rings. The molecule has 0 radical (unpaired) electrons. The molecule has 1 saturated heterocycles. The summed E-state index contributed by atoms with van der Waals surface area (Å²) < 4.78 is 18.9. The first-order valence-corrected chi connectivity index (χ1v) is 5.34. The van der Waals surface area contributed by atoms with Crippen molar-refractivity contribution in [2.75, 3.05) is 20.2 Å². The Labute approximate surface area is 93.4 Å². The Hall–Kier alpha value is -0.800. The minimum atomic E-state index is -0.321. The van der Waals surface area contributed by atoms with Crippen LogP contribution in [0.4, 0.5) is 4.39 Å². The maximum atomic E-state index is 13.9. The molecule has 1 N–H and O–H groups in total. The molecular weight excluding hydrogens is 217 g/mol. The van der Waals surface area contributed by atoms with Crippen molar-refractivity contribution in [1.82, 2.24) is 5.32 Å². The van der Waals surface area contributed by atoms with Gasteiger partial charge in [-0.15, -0.1) is 0 Å². The molecule has 1 unspecified atom stereocenters. The first kappa shape index (κ1) is 10.7. The molecule has 0 aliphatic carbocycles. The molecule has 0 bridgehead atoms. The zero-order valence-electron chi connectivity index (χ0n) is 8.52. The summed E-state index contributed by atoms with van der Waals surface area (Å²) in [5.41, 5.74) is 0.584. The van der Waals surface area contributed by atoms with Crippen LogP contribution in [-0.2, 0) is 0 Å². The molecule has 2 nitrogen and oxygen atoms in total. The fourth-order valence-electron chi connectivity index (χ4n) is 1.98. The van der Waals surface area contributed by atoms with Gasteiger partial charge in [0.25, 0.3) is 0 Å². The molecule has 1 aliphatic heterocycles. The summed E-state index contributed by atoms with van der Waals surface area (Å²) in [6, 6.07) is 3.25. The van der Waals surface area contributed by atoms with Crippen molar-refractivity contribution >= 4 is 11.6 Å². The van der Waals surface area contributed by atoms with Crippen molar-refractivity contribution in [3.05, 3.63) is 28.5 Å². The average molecular weight is 230 g/mol. The summed E-state index contributed by atoms with van der Waals surface area (Å²) >= 11 is 6.02. The molecule has 1 aromatic rings. The lowest BCUT2D eigenvalue weighted by molar-refractivity contribution is 0.382. The van der Waals surface area contributed by atoms with Crippen molar-refractivity contribution in [3.8, 4) is 5.75 Å². The van der Waals surface area contributed by atoms with Crippen LogP contribution in [0, 0.1) is 5.82 Å². The smallest absolute Gasteiger partial charge is 0.170 e. The second kappa shape index (κ2) is 4.37. The van der Waals surface area contributed by atoms with E-state index in [0.29, 0.717) is 10.6 Å². The molecule has 4 heteroatoms. The molecular formula is C11H13ClFNO. The first-order valence-electron chi connectivity index (χ1n) is 4.96. The molecule has 0 amide bonds. The highest BCUT2D eigenvalue weighted by Gasteiger charge is 2.24. The molecule has 0 saturated carbocycles. The van der Waals surface area contributed by atoms with E-state index in [1.807, 2.05) is 0 Å². The molecule has 1 heterocycles. The quantitative estimate of drug-likeness (QED) is 0.842. The molecule has 15 heavy (non-hydrogen) atoms. The van der Waals surface area contributed by atoms with Gasteiger partial charge < -0.3 is 10.1 Å². The van der Waals surface area contributed by atoms with Crippen molar-refractivity contribution in [2.24, 2.45) is 0 Å². The molecule has 0 aromatic heterocycles. The number of rotatable bonds is 2. The third-order valence-corrected chi connectivity index (χ3v) is 3.11. The highest BCUT2D eigenvalue weighted by molar-refractivity contribution is 6.31. The number of benzene rings is 1. The predicted molar refractivity (Wildman–Crippen MR) is 58.2 cm³/mol. The number of nitrogens with one attached hydrogen (secondary N) is 1. The van der Waals surface area contributed by atoms with Crippen LogP contribution in [0.1, 0.15) is 17.9 Å². The molecule has 1 aromatic carbocycles. The van der Waals surface area contributed by atoms with E-state index in [2.05, 4.69) is 5.32 Å². The van der Waals surface area contributed by atoms with Gasteiger partial charge >= 0.3 is 0 Å². The maximum absolute atomic E-state index is 13.9. The maximum Gasteiger partial charge on any atom is 0.170 e. The van der Waals surface area contributed by atoms with Crippen LogP contribution in [0.25, 0.3) is 0 Å². The molecule has 1 aliphatic rings. The van der Waals surface area contributed by atoms with Crippen LogP contribution in [0.5, 0.6) is 5.75 Å². The summed E-state index contributed by atoms with van der Waals surface area (Å²) in [6.07, 6.45) is 0.920. The van der Waals surface area contributed by atoms with Gasteiger partial charge in [-0.2, -0.15) is 0 Å². The first-order chi connectivity index (χ1) is 7.24. The van der Waals surface area contributed by atoms with E-state index in [-0.39, 0.29) is 17.5 Å². The number of hydrogen-bond acceptors (Lipinski definition) is 2. The average Bonchev–Trinajstić information content (AvgIpc) is 2.71. The van der Waals surface area contributed by atoms with Crippen LogP contribution >= 0.6 is 11.6 Å². The SMILES string of the molecule is COc1ccc(Cl)c(C2CCNC2)c1F. The highest BCUT2D eigenvalue weighted by Crippen LogP contribution is 2.35. The van der Waals surface area contributed by atoms with Gasteiger partial charge in [-0.3, -0.25) is 0 Å². The lowest BCUT2D eigenvalue weighted by Gasteiger charge is -2.14. The zero-order valence-corrected chi connectivity index (χ0v) is 9.27. The van der Waals surface area contributed by atoms with E-state index < -0.39 is 0 Å². The Morgan fingerprint density at radius 3 is 2.93 bits per heavy atom. The van der Waals surface area contributed by atoms with E-state index in [0.717, 1.165) is 19.5 Å². The third-order valence-electron chi connectivity index (χ3n) is 2.78. The second-order valence-corrected chi connectivity index (χ2v) is 4.07. The van der Waals surface area contributed by atoms with Crippen molar-refractivity contribution in [2.45, 2.75) is 12.3 Å². The van der Waals surface area contributed by atoms with Gasteiger partial charge in [0.15, 0.2) is 11.6 Å². The van der Waals surface area contributed by atoms with Crippen LogP contribution in [-0.4, -0.2) is 20.2 Å². The van der Waals surface area contributed by atoms with Gasteiger partial charge in [0.2, 0.25) is 0 Å². The van der Waals surface area contributed by atoms with Crippen molar-refractivity contribution < 1.29 is 9.13 Å². The van der Waals surface area contributed by atoms with Gasteiger partial charge in [-0.1, -0.05) is 11.6 Å². The fourth-order valence-corrected chi connectivity index (χ4v) is 2.28. The number of ether oxygens (including phenoxy) is 1. The largest absolute Gasteiger partial charge is 0.494 e. The van der Waals surface area contributed by atoms with Crippen LogP contribution in [0.15, 0.2) is 12.1 Å².